The summed E-state index contributed by atoms with van der Waals surface area (Å²) >= 11 is 15.7. The van der Waals surface area contributed by atoms with Gasteiger partial charge in [-0.25, -0.2) is 9.78 Å². The largest absolute Gasteiger partial charge is 0.479 e. The summed E-state index contributed by atoms with van der Waals surface area (Å²) in [5, 5.41) is 13.7. The Hall–Kier alpha value is -3.08. The number of aromatic nitrogens is 3. The lowest BCUT2D eigenvalue weighted by Gasteiger charge is -2.48. The van der Waals surface area contributed by atoms with Gasteiger partial charge in [-0.2, -0.15) is 0 Å². The third-order valence-electron chi connectivity index (χ3n) is 8.00. The van der Waals surface area contributed by atoms with Gasteiger partial charge < -0.3 is 15.0 Å². The van der Waals surface area contributed by atoms with Crippen LogP contribution in [0.3, 0.4) is 0 Å². The smallest absolute Gasteiger partial charge is 0.331 e. The van der Waals surface area contributed by atoms with Crippen LogP contribution < -0.4 is 5.32 Å². The second kappa shape index (κ2) is 12.0. The van der Waals surface area contributed by atoms with Crippen LogP contribution >= 0.6 is 39.1 Å². The van der Waals surface area contributed by atoms with Crippen LogP contribution in [-0.4, -0.2) is 53.4 Å². The number of aliphatic carboxylic acids is 1. The molecule has 9 nitrogen and oxygen atoms in total. The Bertz CT molecular complexity index is 1470. The second-order valence-electron chi connectivity index (χ2n) is 10.6. The number of hydrogen-bond donors (Lipinski definition) is 2. The van der Waals surface area contributed by atoms with E-state index in [9.17, 15) is 19.5 Å². The van der Waals surface area contributed by atoms with Gasteiger partial charge in [0.25, 0.3) is 5.91 Å². The number of aliphatic imine (C=N–C) groups is 1. The molecule has 2 aliphatic carbocycles. The molecule has 1 aromatic carbocycles. The number of carboxylic acid groups (broad SMARTS) is 1. The number of benzene rings is 1. The number of nitrogens with one attached hydrogen (secondary N) is 1. The molecule has 12 heteroatoms. The van der Waals surface area contributed by atoms with Crippen LogP contribution in [0.5, 0.6) is 0 Å². The van der Waals surface area contributed by atoms with Crippen molar-refractivity contribution in [2.75, 3.05) is 5.32 Å². The van der Waals surface area contributed by atoms with E-state index < -0.39 is 27.7 Å². The third-order valence-corrected chi connectivity index (χ3v) is 9.43. The minimum atomic E-state index is -1.51. The zero-order valence-electron chi connectivity index (χ0n) is 22.0. The molecular formula is C29H28BrCl2N5O4. The highest BCUT2D eigenvalue weighted by molar-refractivity contribution is 9.10. The molecule has 1 unspecified atom stereocenters. The molecule has 2 fully saturated rings. The Balaban J connectivity index is 1.43. The minimum absolute atomic E-state index is 0.0966. The molecule has 3 aromatic rings. The summed E-state index contributed by atoms with van der Waals surface area (Å²) in [5.41, 5.74) is -0.228. The van der Waals surface area contributed by atoms with E-state index in [1.54, 1.807) is 43.0 Å². The number of carbonyl (C=O) groups is 3. The summed E-state index contributed by atoms with van der Waals surface area (Å²) in [7, 11) is 0. The molecule has 41 heavy (non-hydrogen) atoms. The molecule has 2 atom stereocenters. The first-order valence-corrected chi connectivity index (χ1v) is 15.0. The van der Waals surface area contributed by atoms with Crippen LogP contribution in [0.2, 0.25) is 10.0 Å². The van der Waals surface area contributed by atoms with Crippen molar-refractivity contribution in [2.24, 2.45) is 10.4 Å². The number of ketones is 1. The van der Waals surface area contributed by atoms with Crippen molar-refractivity contribution in [3.63, 3.8) is 0 Å². The van der Waals surface area contributed by atoms with E-state index in [2.05, 4.69) is 31.2 Å². The number of pyridine rings is 1. The lowest BCUT2D eigenvalue weighted by atomic mass is 9.58. The van der Waals surface area contributed by atoms with E-state index in [-0.39, 0.29) is 34.2 Å². The number of aryl methyl sites for hydroxylation is 1. The van der Waals surface area contributed by atoms with Crippen molar-refractivity contribution >= 4 is 68.2 Å². The summed E-state index contributed by atoms with van der Waals surface area (Å²) in [4.78, 5) is 51.2. The lowest BCUT2D eigenvalue weighted by Crippen LogP contribution is -2.62. The number of halogens is 3. The first-order chi connectivity index (χ1) is 19.6. The lowest BCUT2D eigenvalue weighted by molar-refractivity contribution is -0.143. The van der Waals surface area contributed by atoms with Gasteiger partial charge in [0.15, 0.2) is 11.3 Å². The maximum atomic E-state index is 13.0. The van der Waals surface area contributed by atoms with Crippen LogP contribution in [0.1, 0.15) is 54.4 Å². The number of anilines is 1. The van der Waals surface area contributed by atoms with E-state index in [1.165, 1.54) is 12.4 Å². The quantitative estimate of drug-likeness (QED) is 0.270. The maximum absolute atomic E-state index is 13.0. The Morgan fingerprint density at radius 1 is 1.12 bits per heavy atom. The minimum Gasteiger partial charge on any atom is -0.479 e. The number of alkyl halides is 1. The Labute approximate surface area is 255 Å². The number of nitrogens with zero attached hydrogens (tertiary/aromatic N) is 4. The fourth-order valence-corrected chi connectivity index (χ4v) is 7.24. The third kappa shape index (κ3) is 5.82. The van der Waals surface area contributed by atoms with Gasteiger partial charge in [0.2, 0.25) is 0 Å². The highest BCUT2D eigenvalue weighted by Gasteiger charge is 2.59. The van der Waals surface area contributed by atoms with E-state index in [1.807, 2.05) is 4.57 Å². The van der Waals surface area contributed by atoms with Gasteiger partial charge in [-0.3, -0.25) is 19.6 Å². The van der Waals surface area contributed by atoms with Crippen molar-refractivity contribution in [1.82, 2.24) is 14.5 Å². The molecule has 5 rings (SSSR count). The molecule has 0 aliphatic heterocycles. The predicted molar refractivity (Wildman–Crippen MR) is 160 cm³/mol. The zero-order chi connectivity index (χ0) is 29.2. The Morgan fingerprint density at radius 3 is 2.41 bits per heavy atom. The highest BCUT2D eigenvalue weighted by atomic mass is 79.9. The average molecular weight is 661 g/mol. The van der Waals surface area contributed by atoms with Gasteiger partial charge in [-0.1, -0.05) is 70.5 Å². The van der Waals surface area contributed by atoms with Crippen molar-refractivity contribution in [2.45, 2.75) is 61.9 Å². The predicted octanol–water partition coefficient (Wildman–Crippen LogP) is 6.03. The van der Waals surface area contributed by atoms with Gasteiger partial charge >= 0.3 is 5.97 Å². The van der Waals surface area contributed by atoms with E-state index in [0.717, 1.165) is 24.8 Å². The second-order valence-corrected chi connectivity index (χ2v) is 12.3. The number of amides is 1. The molecule has 0 bridgehead atoms. The summed E-state index contributed by atoms with van der Waals surface area (Å²) in [6.45, 7) is 0.387. The van der Waals surface area contributed by atoms with Crippen molar-refractivity contribution in [3.05, 3.63) is 76.6 Å². The number of Topliss-reactive ketones (excluding diaryl/α,β-unsaturated/α-hetero) is 1. The average Bonchev–Trinajstić information content (AvgIpc) is 3.49. The number of carboxylic acids is 1. The van der Waals surface area contributed by atoms with Crippen LogP contribution in [-0.2, 0) is 22.6 Å². The first-order valence-electron chi connectivity index (χ1n) is 13.3. The van der Waals surface area contributed by atoms with Crippen LogP contribution in [0.25, 0.3) is 0 Å². The molecule has 0 radical (unpaired) electrons. The normalized spacial score (nSPS) is 20.4. The highest BCUT2D eigenvalue weighted by Crippen LogP contribution is 2.50. The van der Waals surface area contributed by atoms with Crippen LogP contribution in [0.15, 0.2) is 60.4 Å². The zero-order valence-corrected chi connectivity index (χ0v) is 25.1. The molecule has 1 spiro atoms. The molecule has 214 valence electrons. The summed E-state index contributed by atoms with van der Waals surface area (Å²) in [5.74, 6) is -1.45. The monoisotopic (exact) mass is 659 g/mol. The van der Waals surface area contributed by atoms with Crippen molar-refractivity contribution in [1.29, 1.82) is 0 Å². The van der Waals surface area contributed by atoms with Gasteiger partial charge in [-0.15, -0.1) is 0 Å². The molecular weight excluding hydrogens is 633 g/mol. The van der Waals surface area contributed by atoms with Gasteiger partial charge in [0, 0.05) is 55.6 Å². The van der Waals surface area contributed by atoms with E-state index >= 15 is 0 Å². The van der Waals surface area contributed by atoms with Crippen molar-refractivity contribution < 1.29 is 19.5 Å². The Morgan fingerprint density at radius 2 is 1.80 bits per heavy atom. The summed E-state index contributed by atoms with van der Waals surface area (Å²) in [6, 6.07) is 6.89. The Kier molecular flexibility index (Phi) is 8.63. The standard InChI is InChI=1S/C29H28BrCl2N5O4/c30-23-24(28(25(23)38)8-2-1-3-9-28)36-29(27(40)41,10-12-37-13-11-33-17-37)14-18-4-6-19(7-5-18)35-26(39)22-20(31)15-34-16-21(22)32/h4-7,11,13,15-17,23H,1-3,8-10,12,14H2,(H,35,39)(H,40,41)/t23?,29-/m1/s1. The number of rotatable bonds is 9. The first kappa shape index (κ1) is 29.4. The topological polar surface area (TPSA) is 127 Å². The van der Waals surface area contributed by atoms with Crippen LogP contribution in [0, 0.1) is 5.41 Å². The molecule has 2 heterocycles. The SMILES string of the molecule is O=C(Nc1ccc(C[C@@](CCn2ccnc2)(N=C2C(Br)C(=O)C23CCCCC3)C(=O)O)cc1)c1c(Cl)cncc1Cl. The summed E-state index contributed by atoms with van der Waals surface area (Å²) in [6.07, 6.45) is 12.3. The number of hydrogen-bond acceptors (Lipinski definition) is 6. The number of carbonyl (C=O) groups excluding carboxylic acids is 2. The van der Waals surface area contributed by atoms with Gasteiger partial charge in [0.05, 0.1) is 27.4 Å². The molecule has 0 saturated heterocycles. The molecule has 2 aromatic heterocycles. The van der Waals surface area contributed by atoms with Gasteiger partial charge in [0.1, 0.15) is 4.83 Å². The summed E-state index contributed by atoms with van der Waals surface area (Å²) < 4.78 is 1.82. The fraction of sp³-hybridized carbons (Fsp3) is 0.379. The van der Waals surface area contributed by atoms with Crippen LogP contribution in [0.4, 0.5) is 5.69 Å². The van der Waals surface area contributed by atoms with Crippen molar-refractivity contribution in [3.8, 4) is 0 Å². The van der Waals surface area contributed by atoms with E-state index in [4.69, 9.17) is 28.2 Å². The van der Waals surface area contributed by atoms with E-state index in [0.29, 0.717) is 30.8 Å². The number of imidazole rings is 1. The van der Waals surface area contributed by atoms with Gasteiger partial charge in [-0.05, 0) is 30.5 Å². The molecule has 2 aliphatic rings. The fourth-order valence-electron chi connectivity index (χ4n) is 5.72. The molecule has 2 saturated carbocycles. The maximum Gasteiger partial charge on any atom is 0.331 e. The molecule has 2 N–H and O–H groups in total. The molecule has 1 amide bonds.